The van der Waals surface area contributed by atoms with Gasteiger partial charge in [0.2, 0.25) is 0 Å². The molecule has 0 saturated heterocycles. The van der Waals surface area contributed by atoms with E-state index in [4.69, 9.17) is 11.6 Å². The number of hydrogen-bond donors (Lipinski definition) is 1. The lowest BCUT2D eigenvalue weighted by atomic mass is 10.2. The number of anilines is 1. The summed E-state index contributed by atoms with van der Waals surface area (Å²) in [5, 5.41) is 3.82. The van der Waals surface area contributed by atoms with E-state index in [1.54, 1.807) is 12.3 Å². The molecular formula is C11H15ClN2. The minimum absolute atomic E-state index is 0.385. The molecule has 0 aromatic carbocycles. The third-order valence-electron chi connectivity index (χ3n) is 2.16. The highest BCUT2D eigenvalue weighted by Crippen LogP contribution is 2.25. The quantitative estimate of drug-likeness (QED) is 0.769. The molecule has 0 aliphatic carbocycles. The lowest BCUT2D eigenvalue weighted by molar-refractivity contribution is 0.763. The molecule has 14 heavy (non-hydrogen) atoms. The maximum absolute atomic E-state index is 5.99. The minimum atomic E-state index is 0.385. The molecule has 0 spiro atoms. The second-order valence-corrected chi connectivity index (χ2v) is 3.58. The van der Waals surface area contributed by atoms with Crippen molar-refractivity contribution in [1.82, 2.24) is 4.98 Å². The lowest BCUT2D eigenvalue weighted by Gasteiger charge is -2.15. The van der Waals surface area contributed by atoms with Gasteiger partial charge in [0.1, 0.15) is 0 Å². The summed E-state index contributed by atoms with van der Waals surface area (Å²) in [6.07, 6.45) is 4.50. The maximum atomic E-state index is 5.99. The van der Waals surface area contributed by atoms with Crippen LogP contribution in [0.4, 0.5) is 5.69 Å². The van der Waals surface area contributed by atoms with E-state index >= 15 is 0 Å². The highest BCUT2D eigenvalue weighted by atomic mass is 35.5. The largest absolute Gasteiger partial charge is 0.380 e. The Labute approximate surface area is 90.0 Å². The van der Waals surface area contributed by atoms with E-state index in [0.717, 1.165) is 17.7 Å². The zero-order valence-corrected chi connectivity index (χ0v) is 9.30. The van der Waals surface area contributed by atoms with Crippen molar-refractivity contribution >= 4 is 23.4 Å². The summed E-state index contributed by atoms with van der Waals surface area (Å²) < 4.78 is 0. The van der Waals surface area contributed by atoms with Crippen LogP contribution < -0.4 is 5.32 Å². The van der Waals surface area contributed by atoms with Crippen molar-refractivity contribution < 1.29 is 0 Å². The van der Waals surface area contributed by atoms with Crippen molar-refractivity contribution in [2.75, 3.05) is 5.32 Å². The van der Waals surface area contributed by atoms with Gasteiger partial charge in [-0.1, -0.05) is 31.2 Å². The van der Waals surface area contributed by atoms with Gasteiger partial charge >= 0.3 is 0 Å². The second kappa shape index (κ2) is 5.01. The normalized spacial score (nSPS) is 12.2. The van der Waals surface area contributed by atoms with Crippen molar-refractivity contribution in [2.24, 2.45) is 0 Å². The fraction of sp³-hybridized carbons (Fsp3) is 0.364. The molecule has 1 atom stereocenters. The molecule has 0 bridgehead atoms. The van der Waals surface area contributed by atoms with Gasteiger partial charge in [-0.3, -0.25) is 0 Å². The molecule has 0 aliphatic heterocycles. The summed E-state index contributed by atoms with van der Waals surface area (Å²) in [7, 11) is 0. The first kappa shape index (κ1) is 11.1. The average molecular weight is 211 g/mol. The molecule has 1 rings (SSSR count). The van der Waals surface area contributed by atoms with Crippen LogP contribution in [0.1, 0.15) is 25.8 Å². The Morgan fingerprint density at radius 1 is 1.71 bits per heavy atom. The van der Waals surface area contributed by atoms with Crippen LogP contribution in [-0.4, -0.2) is 11.0 Å². The van der Waals surface area contributed by atoms with Crippen LogP contribution in [-0.2, 0) is 0 Å². The first-order chi connectivity index (χ1) is 6.69. The Hall–Kier alpha value is -1.02. The third kappa shape index (κ3) is 2.48. The summed E-state index contributed by atoms with van der Waals surface area (Å²) in [5.74, 6) is 0. The molecule has 0 aliphatic rings. The monoisotopic (exact) mass is 210 g/mol. The van der Waals surface area contributed by atoms with Crippen LogP contribution in [0, 0.1) is 0 Å². The molecular weight excluding hydrogens is 196 g/mol. The van der Waals surface area contributed by atoms with Crippen LogP contribution in [0.2, 0.25) is 5.15 Å². The SMILES string of the molecule is C=Cc1ccnc(Cl)c1NC(C)CC. The summed E-state index contributed by atoms with van der Waals surface area (Å²) in [6.45, 7) is 7.97. The van der Waals surface area contributed by atoms with E-state index < -0.39 is 0 Å². The Kier molecular flexibility index (Phi) is 3.96. The van der Waals surface area contributed by atoms with Crippen molar-refractivity contribution in [2.45, 2.75) is 26.3 Å². The van der Waals surface area contributed by atoms with Crippen molar-refractivity contribution in [3.8, 4) is 0 Å². The van der Waals surface area contributed by atoms with Crippen LogP contribution in [0.5, 0.6) is 0 Å². The van der Waals surface area contributed by atoms with Gasteiger partial charge in [0.15, 0.2) is 5.15 Å². The number of nitrogens with zero attached hydrogens (tertiary/aromatic N) is 1. The topological polar surface area (TPSA) is 24.9 Å². The molecule has 3 heteroatoms. The number of aromatic nitrogens is 1. The van der Waals surface area contributed by atoms with Gasteiger partial charge in [-0.15, -0.1) is 0 Å². The van der Waals surface area contributed by atoms with Gasteiger partial charge in [-0.05, 0) is 19.4 Å². The molecule has 1 heterocycles. The van der Waals surface area contributed by atoms with Crippen LogP contribution >= 0.6 is 11.6 Å². The summed E-state index contributed by atoms with van der Waals surface area (Å²) in [6, 6.07) is 2.28. The Bertz CT molecular complexity index is 323. The van der Waals surface area contributed by atoms with Crippen LogP contribution in [0.15, 0.2) is 18.8 Å². The van der Waals surface area contributed by atoms with E-state index in [2.05, 4.69) is 30.7 Å². The lowest BCUT2D eigenvalue weighted by Crippen LogP contribution is -2.14. The van der Waals surface area contributed by atoms with Gasteiger partial charge in [0, 0.05) is 17.8 Å². The second-order valence-electron chi connectivity index (χ2n) is 3.22. The first-order valence-corrected chi connectivity index (χ1v) is 5.10. The van der Waals surface area contributed by atoms with Gasteiger partial charge in [-0.2, -0.15) is 0 Å². The number of rotatable bonds is 4. The Balaban J connectivity index is 2.98. The van der Waals surface area contributed by atoms with E-state index in [-0.39, 0.29) is 0 Å². The van der Waals surface area contributed by atoms with Crippen LogP contribution in [0.3, 0.4) is 0 Å². The number of halogens is 1. The van der Waals surface area contributed by atoms with E-state index in [9.17, 15) is 0 Å². The van der Waals surface area contributed by atoms with Crippen molar-refractivity contribution in [1.29, 1.82) is 0 Å². The smallest absolute Gasteiger partial charge is 0.152 e. The predicted octanol–water partition coefficient (Wildman–Crippen LogP) is 3.59. The summed E-state index contributed by atoms with van der Waals surface area (Å²) >= 11 is 5.99. The molecule has 76 valence electrons. The first-order valence-electron chi connectivity index (χ1n) is 4.72. The molecule has 1 aromatic rings. The van der Waals surface area contributed by atoms with Gasteiger partial charge in [-0.25, -0.2) is 4.98 Å². The minimum Gasteiger partial charge on any atom is -0.380 e. The molecule has 0 saturated carbocycles. The zero-order chi connectivity index (χ0) is 10.6. The maximum Gasteiger partial charge on any atom is 0.152 e. The highest BCUT2D eigenvalue weighted by Gasteiger charge is 2.07. The fourth-order valence-electron chi connectivity index (χ4n) is 1.11. The molecule has 2 nitrogen and oxygen atoms in total. The predicted molar refractivity (Wildman–Crippen MR) is 62.7 cm³/mol. The molecule has 1 N–H and O–H groups in total. The summed E-state index contributed by atoms with van der Waals surface area (Å²) in [5.41, 5.74) is 1.86. The number of hydrogen-bond acceptors (Lipinski definition) is 2. The highest BCUT2D eigenvalue weighted by molar-refractivity contribution is 6.32. The number of nitrogens with one attached hydrogen (secondary N) is 1. The third-order valence-corrected chi connectivity index (χ3v) is 2.45. The number of pyridine rings is 1. The Morgan fingerprint density at radius 3 is 3.00 bits per heavy atom. The van der Waals surface area contributed by atoms with E-state index in [1.807, 2.05) is 6.07 Å². The Morgan fingerprint density at radius 2 is 2.43 bits per heavy atom. The molecule has 1 unspecified atom stereocenters. The molecule has 0 amide bonds. The molecule has 0 radical (unpaired) electrons. The standard InChI is InChI=1S/C11H15ClN2/c1-4-8(3)14-10-9(5-2)6-7-13-11(10)12/h5-8,14H,2,4H2,1,3H3. The fourth-order valence-corrected chi connectivity index (χ4v) is 1.33. The van der Waals surface area contributed by atoms with Gasteiger partial charge < -0.3 is 5.32 Å². The van der Waals surface area contributed by atoms with Crippen LogP contribution in [0.25, 0.3) is 6.08 Å². The zero-order valence-electron chi connectivity index (χ0n) is 8.55. The van der Waals surface area contributed by atoms with Crippen molar-refractivity contribution in [3.63, 3.8) is 0 Å². The molecule has 1 aromatic heterocycles. The average Bonchev–Trinajstić information content (AvgIpc) is 2.20. The van der Waals surface area contributed by atoms with Gasteiger partial charge in [0.05, 0.1) is 5.69 Å². The van der Waals surface area contributed by atoms with Crippen molar-refractivity contribution in [3.05, 3.63) is 29.6 Å². The summed E-state index contributed by atoms with van der Waals surface area (Å²) in [4.78, 5) is 4.03. The van der Waals surface area contributed by atoms with E-state index in [1.165, 1.54) is 0 Å². The molecule has 0 fully saturated rings. The van der Waals surface area contributed by atoms with Gasteiger partial charge in [0.25, 0.3) is 0 Å². The van der Waals surface area contributed by atoms with E-state index in [0.29, 0.717) is 11.2 Å².